The Kier molecular flexibility index (Phi) is 2.88. The summed E-state index contributed by atoms with van der Waals surface area (Å²) in [7, 11) is 0. The SMILES string of the molecule is FC(F)c1cc2nc(Br)[nH]c2cc1C(F)F. The summed E-state index contributed by atoms with van der Waals surface area (Å²) in [6.45, 7) is 0. The van der Waals surface area contributed by atoms with Crippen molar-refractivity contribution < 1.29 is 17.6 Å². The molecule has 1 heterocycles. The van der Waals surface area contributed by atoms with E-state index in [2.05, 4.69) is 25.9 Å². The molecular weight excluding hydrogens is 292 g/mol. The number of nitrogens with one attached hydrogen (secondary N) is 1. The van der Waals surface area contributed by atoms with Gasteiger partial charge in [0.2, 0.25) is 0 Å². The van der Waals surface area contributed by atoms with Crippen molar-refractivity contribution in [1.82, 2.24) is 9.97 Å². The first-order valence-electron chi connectivity index (χ1n) is 4.24. The molecule has 2 aromatic rings. The molecule has 0 fully saturated rings. The molecule has 0 amide bonds. The lowest BCUT2D eigenvalue weighted by molar-refractivity contribution is 0.124. The molecule has 1 aromatic heterocycles. The molecule has 86 valence electrons. The van der Waals surface area contributed by atoms with Gasteiger partial charge < -0.3 is 4.98 Å². The van der Waals surface area contributed by atoms with E-state index in [0.717, 1.165) is 12.1 Å². The predicted molar refractivity (Wildman–Crippen MR) is 53.7 cm³/mol. The van der Waals surface area contributed by atoms with E-state index in [-0.39, 0.29) is 5.52 Å². The minimum atomic E-state index is -2.94. The highest BCUT2D eigenvalue weighted by molar-refractivity contribution is 9.10. The molecule has 0 atom stereocenters. The number of halogens is 5. The first-order valence-corrected chi connectivity index (χ1v) is 5.03. The second-order valence-corrected chi connectivity index (χ2v) is 3.88. The molecule has 0 saturated carbocycles. The number of H-pyrrole nitrogens is 1. The average Bonchev–Trinajstić information content (AvgIpc) is 2.54. The largest absolute Gasteiger partial charge is 0.332 e. The molecule has 0 aliphatic rings. The summed E-state index contributed by atoms with van der Waals surface area (Å²) in [5.41, 5.74) is -0.821. The zero-order valence-electron chi connectivity index (χ0n) is 7.65. The summed E-state index contributed by atoms with van der Waals surface area (Å²) in [6.07, 6.45) is -5.88. The van der Waals surface area contributed by atoms with Gasteiger partial charge in [-0.2, -0.15) is 0 Å². The van der Waals surface area contributed by atoms with Crippen LogP contribution in [0, 0.1) is 0 Å². The summed E-state index contributed by atoms with van der Waals surface area (Å²) >= 11 is 3.01. The van der Waals surface area contributed by atoms with Crippen molar-refractivity contribution in [2.24, 2.45) is 0 Å². The molecule has 7 heteroatoms. The molecule has 0 bridgehead atoms. The van der Waals surface area contributed by atoms with Gasteiger partial charge in [0.15, 0.2) is 4.73 Å². The van der Waals surface area contributed by atoms with Crippen LogP contribution in [-0.4, -0.2) is 9.97 Å². The van der Waals surface area contributed by atoms with Crippen LogP contribution < -0.4 is 0 Å². The van der Waals surface area contributed by atoms with Crippen molar-refractivity contribution in [3.63, 3.8) is 0 Å². The highest BCUT2D eigenvalue weighted by atomic mass is 79.9. The number of rotatable bonds is 2. The number of hydrogen-bond acceptors (Lipinski definition) is 1. The molecule has 0 radical (unpaired) electrons. The van der Waals surface area contributed by atoms with Gasteiger partial charge in [0.25, 0.3) is 12.9 Å². The topological polar surface area (TPSA) is 28.7 Å². The summed E-state index contributed by atoms with van der Waals surface area (Å²) in [4.78, 5) is 6.49. The van der Waals surface area contributed by atoms with E-state index in [9.17, 15) is 17.6 Å². The summed E-state index contributed by atoms with van der Waals surface area (Å²) in [6, 6.07) is 1.97. The van der Waals surface area contributed by atoms with Crippen LogP contribution in [0.4, 0.5) is 17.6 Å². The van der Waals surface area contributed by atoms with Crippen molar-refractivity contribution in [2.45, 2.75) is 12.9 Å². The van der Waals surface area contributed by atoms with Crippen LogP contribution in [0.15, 0.2) is 16.9 Å². The molecule has 0 aliphatic heterocycles. The maximum atomic E-state index is 12.5. The number of aromatic nitrogens is 2. The summed E-state index contributed by atoms with van der Waals surface area (Å²) in [5.74, 6) is 0. The van der Waals surface area contributed by atoms with Gasteiger partial charge in [0.1, 0.15) is 0 Å². The fraction of sp³-hybridized carbons (Fsp3) is 0.222. The maximum Gasteiger partial charge on any atom is 0.264 e. The van der Waals surface area contributed by atoms with Crippen LogP contribution in [0.3, 0.4) is 0 Å². The van der Waals surface area contributed by atoms with E-state index in [1.54, 1.807) is 0 Å². The lowest BCUT2D eigenvalue weighted by Crippen LogP contribution is -1.95. The molecule has 0 saturated heterocycles. The minimum Gasteiger partial charge on any atom is -0.332 e. The number of benzene rings is 1. The number of aromatic amines is 1. The second-order valence-electron chi connectivity index (χ2n) is 3.13. The van der Waals surface area contributed by atoms with Crippen LogP contribution in [0.25, 0.3) is 11.0 Å². The van der Waals surface area contributed by atoms with Crippen molar-refractivity contribution in [1.29, 1.82) is 0 Å². The highest BCUT2D eigenvalue weighted by Crippen LogP contribution is 2.33. The third-order valence-electron chi connectivity index (χ3n) is 2.13. The maximum absolute atomic E-state index is 12.5. The Bertz CT molecular complexity index is 478. The van der Waals surface area contributed by atoms with E-state index in [1.807, 2.05) is 0 Å². The Balaban J connectivity index is 2.70. The van der Waals surface area contributed by atoms with Gasteiger partial charge in [-0.1, -0.05) is 0 Å². The monoisotopic (exact) mass is 296 g/mol. The summed E-state index contributed by atoms with van der Waals surface area (Å²) in [5, 5.41) is 0. The average molecular weight is 297 g/mol. The van der Waals surface area contributed by atoms with Crippen molar-refractivity contribution in [3.8, 4) is 0 Å². The molecular formula is C9H5BrF4N2. The van der Waals surface area contributed by atoms with Crippen LogP contribution in [-0.2, 0) is 0 Å². The molecule has 0 aliphatic carbocycles. The van der Waals surface area contributed by atoms with Crippen LogP contribution in [0.1, 0.15) is 24.0 Å². The Hall–Kier alpha value is -1.11. The van der Waals surface area contributed by atoms with E-state index in [4.69, 9.17) is 0 Å². The second kappa shape index (κ2) is 4.04. The molecule has 2 nitrogen and oxygen atoms in total. The number of fused-ring (bicyclic) bond motifs is 1. The lowest BCUT2D eigenvalue weighted by atomic mass is 10.1. The quantitative estimate of drug-likeness (QED) is 0.827. The zero-order valence-corrected chi connectivity index (χ0v) is 9.23. The van der Waals surface area contributed by atoms with Crippen LogP contribution >= 0.6 is 15.9 Å². The van der Waals surface area contributed by atoms with Crippen LogP contribution in [0.5, 0.6) is 0 Å². The van der Waals surface area contributed by atoms with Crippen LogP contribution in [0.2, 0.25) is 0 Å². The Morgan fingerprint density at radius 2 is 1.62 bits per heavy atom. The normalized spacial score (nSPS) is 11.9. The first kappa shape index (κ1) is 11.4. The third kappa shape index (κ3) is 1.91. The molecule has 16 heavy (non-hydrogen) atoms. The minimum absolute atomic E-state index is 0.228. The molecule has 0 unspecified atom stereocenters. The number of imidazole rings is 1. The fourth-order valence-electron chi connectivity index (χ4n) is 1.44. The number of hydrogen-bond donors (Lipinski definition) is 1. The molecule has 1 N–H and O–H groups in total. The van der Waals surface area contributed by atoms with Gasteiger partial charge in [0, 0.05) is 11.1 Å². The van der Waals surface area contributed by atoms with Crippen molar-refractivity contribution >= 4 is 27.0 Å². The van der Waals surface area contributed by atoms with Gasteiger partial charge >= 0.3 is 0 Å². The third-order valence-corrected chi connectivity index (χ3v) is 2.50. The molecule has 0 spiro atoms. The smallest absolute Gasteiger partial charge is 0.264 e. The Morgan fingerprint density at radius 3 is 2.19 bits per heavy atom. The van der Waals surface area contributed by atoms with Gasteiger partial charge in [-0.05, 0) is 28.1 Å². The first-order chi connectivity index (χ1) is 7.49. The van der Waals surface area contributed by atoms with Gasteiger partial charge in [-0.15, -0.1) is 0 Å². The fourth-order valence-corrected chi connectivity index (χ4v) is 1.84. The lowest BCUT2D eigenvalue weighted by Gasteiger charge is -2.07. The van der Waals surface area contributed by atoms with E-state index < -0.39 is 24.0 Å². The Labute approximate surface area is 95.8 Å². The van der Waals surface area contributed by atoms with E-state index >= 15 is 0 Å². The van der Waals surface area contributed by atoms with Gasteiger partial charge in [0.05, 0.1) is 11.0 Å². The van der Waals surface area contributed by atoms with Crippen molar-refractivity contribution in [2.75, 3.05) is 0 Å². The Morgan fingerprint density at radius 1 is 1.06 bits per heavy atom. The standard InChI is InChI=1S/C9H5BrF4N2/c10-9-15-5-1-3(7(11)12)4(8(13)14)2-6(5)16-9/h1-2,7-8H,(H,15,16). The van der Waals surface area contributed by atoms with E-state index in [0.29, 0.717) is 10.3 Å². The molecule has 2 rings (SSSR count). The highest BCUT2D eigenvalue weighted by Gasteiger charge is 2.21. The molecule has 1 aromatic carbocycles. The predicted octanol–water partition coefficient (Wildman–Crippen LogP) is 4.20. The van der Waals surface area contributed by atoms with Crippen molar-refractivity contribution in [3.05, 3.63) is 28.0 Å². The number of alkyl halides is 4. The van der Waals surface area contributed by atoms with Gasteiger partial charge in [-0.3, -0.25) is 0 Å². The van der Waals surface area contributed by atoms with Gasteiger partial charge in [-0.25, -0.2) is 22.5 Å². The zero-order chi connectivity index (χ0) is 11.9. The van der Waals surface area contributed by atoms with E-state index in [1.165, 1.54) is 0 Å². The summed E-state index contributed by atoms with van der Waals surface area (Å²) < 4.78 is 50.5. The number of nitrogens with zero attached hydrogens (tertiary/aromatic N) is 1.